The first-order valence-electron chi connectivity index (χ1n) is 5.82. The van der Waals surface area contributed by atoms with Gasteiger partial charge in [0, 0.05) is 17.6 Å². The Hall–Kier alpha value is -1.71. The highest BCUT2D eigenvalue weighted by Crippen LogP contribution is 2.23. The van der Waals surface area contributed by atoms with E-state index in [9.17, 15) is 0 Å². The van der Waals surface area contributed by atoms with Crippen molar-refractivity contribution in [2.24, 2.45) is 5.73 Å². The highest BCUT2D eigenvalue weighted by Gasteiger charge is 2.00. The van der Waals surface area contributed by atoms with Crippen molar-refractivity contribution >= 4 is 18.0 Å². The predicted octanol–water partition coefficient (Wildman–Crippen LogP) is 3.41. The van der Waals surface area contributed by atoms with Gasteiger partial charge in [-0.25, -0.2) is 0 Å². The van der Waals surface area contributed by atoms with E-state index in [1.54, 1.807) is 11.9 Å². The Morgan fingerprint density at radius 2 is 1.67 bits per heavy atom. The molecule has 0 radical (unpaired) electrons. The first-order chi connectivity index (χ1) is 8.90. The van der Waals surface area contributed by atoms with Crippen molar-refractivity contribution < 1.29 is 0 Å². The highest BCUT2D eigenvalue weighted by molar-refractivity contribution is 7.97. The smallest absolute Gasteiger partial charge is 0.0357 e. The quantitative estimate of drug-likeness (QED) is 0.768. The summed E-state index contributed by atoms with van der Waals surface area (Å²) in [7, 11) is 0. The normalized spacial score (nSPS) is 11.8. The molecule has 0 saturated carbocycles. The number of nitrogens with one attached hydrogen (secondary N) is 1. The number of nitrogens with two attached hydrogens (primary N) is 1. The fraction of sp³-hybridized carbons (Fsp3) is 0.0667. The van der Waals surface area contributed by atoms with Crippen molar-refractivity contribution in [3.63, 3.8) is 0 Å². The Morgan fingerprint density at radius 1 is 0.944 bits per heavy atom. The lowest BCUT2D eigenvalue weighted by molar-refractivity contribution is 1.07. The van der Waals surface area contributed by atoms with E-state index >= 15 is 0 Å². The molecule has 1 heterocycles. The van der Waals surface area contributed by atoms with Gasteiger partial charge in [0.1, 0.15) is 0 Å². The van der Waals surface area contributed by atoms with Gasteiger partial charge in [-0.15, -0.1) is 0 Å². The van der Waals surface area contributed by atoms with E-state index in [0.717, 1.165) is 0 Å². The molecule has 0 fully saturated rings. The van der Waals surface area contributed by atoms with Gasteiger partial charge in [0.25, 0.3) is 0 Å². The lowest BCUT2D eigenvalue weighted by Crippen LogP contribution is -1.96. The zero-order valence-corrected chi connectivity index (χ0v) is 10.9. The molecule has 0 unspecified atom stereocenters. The van der Waals surface area contributed by atoms with Crippen molar-refractivity contribution in [2.45, 2.75) is 11.4 Å². The van der Waals surface area contributed by atoms with Crippen LogP contribution in [0.15, 0.2) is 65.7 Å². The minimum absolute atomic E-state index is 0.640. The standard InChI is InChI=1S/C8H7NS.C7H9N/c1-2-4-8-7(3-1)5-6-9-10-8;8-6-7-4-2-1-3-5-7/h1-6,9H;1-5H,6,8H2. The van der Waals surface area contributed by atoms with Crippen LogP contribution in [0, 0.1) is 0 Å². The van der Waals surface area contributed by atoms with Gasteiger partial charge >= 0.3 is 0 Å². The van der Waals surface area contributed by atoms with E-state index in [-0.39, 0.29) is 0 Å². The average molecular weight is 256 g/mol. The number of hydrogen-bond acceptors (Lipinski definition) is 3. The van der Waals surface area contributed by atoms with Crippen LogP contribution in [0.4, 0.5) is 0 Å². The molecule has 2 nitrogen and oxygen atoms in total. The van der Waals surface area contributed by atoms with Gasteiger partial charge in [-0.1, -0.05) is 48.5 Å². The molecule has 92 valence electrons. The lowest BCUT2D eigenvalue weighted by Gasteiger charge is -2.08. The summed E-state index contributed by atoms with van der Waals surface area (Å²) in [5, 5.41) is 0. The van der Waals surface area contributed by atoms with Crippen molar-refractivity contribution in [1.29, 1.82) is 0 Å². The van der Waals surface area contributed by atoms with Gasteiger partial charge in [-0.3, -0.25) is 0 Å². The maximum Gasteiger partial charge on any atom is 0.0357 e. The van der Waals surface area contributed by atoms with Gasteiger partial charge in [0.15, 0.2) is 0 Å². The number of benzene rings is 2. The minimum Gasteiger partial charge on any atom is -0.332 e. The monoisotopic (exact) mass is 256 g/mol. The highest BCUT2D eigenvalue weighted by atomic mass is 32.2. The summed E-state index contributed by atoms with van der Waals surface area (Å²) < 4.78 is 3.08. The molecule has 0 atom stereocenters. The molecule has 18 heavy (non-hydrogen) atoms. The molecule has 2 aromatic carbocycles. The van der Waals surface area contributed by atoms with Crippen LogP contribution in [-0.4, -0.2) is 0 Å². The topological polar surface area (TPSA) is 38.0 Å². The Morgan fingerprint density at radius 3 is 2.33 bits per heavy atom. The van der Waals surface area contributed by atoms with E-state index in [2.05, 4.69) is 29.0 Å². The number of hydrogen-bond donors (Lipinski definition) is 2. The lowest BCUT2D eigenvalue weighted by atomic mass is 10.2. The van der Waals surface area contributed by atoms with Crippen LogP contribution < -0.4 is 10.5 Å². The second-order valence-corrected chi connectivity index (χ2v) is 4.66. The fourth-order valence-corrected chi connectivity index (χ4v) is 2.21. The molecule has 3 N–H and O–H groups in total. The molecule has 0 aromatic heterocycles. The zero-order valence-electron chi connectivity index (χ0n) is 10.0. The summed E-state index contributed by atoms with van der Waals surface area (Å²) in [5.41, 5.74) is 7.83. The molecule has 3 heteroatoms. The second kappa shape index (κ2) is 6.89. The molecule has 1 aliphatic rings. The largest absolute Gasteiger partial charge is 0.332 e. The Bertz CT molecular complexity index is 509. The summed E-state index contributed by atoms with van der Waals surface area (Å²) >= 11 is 1.65. The summed E-state index contributed by atoms with van der Waals surface area (Å²) in [6.07, 6.45) is 4.03. The molecule has 0 saturated heterocycles. The second-order valence-electron chi connectivity index (χ2n) is 3.78. The van der Waals surface area contributed by atoms with Gasteiger partial charge in [0.05, 0.1) is 0 Å². The van der Waals surface area contributed by atoms with E-state index in [1.807, 2.05) is 42.6 Å². The van der Waals surface area contributed by atoms with Crippen molar-refractivity contribution in [3.05, 3.63) is 71.9 Å². The Labute approximate surface area is 112 Å². The molecule has 0 aliphatic carbocycles. The van der Waals surface area contributed by atoms with Crippen LogP contribution in [0.3, 0.4) is 0 Å². The number of fused-ring (bicyclic) bond motifs is 1. The molecule has 2 aromatic rings. The summed E-state index contributed by atoms with van der Waals surface area (Å²) in [6, 6.07) is 18.3. The van der Waals surface area contributed by atoms with E-state index in [0.29, 0.717) is 6.54 Å². The Kier molecular flexibility index (Phi) is 4.88. The molecule has 1 aliphatic heterocycles. The van der Waals surface area contributed by atoms with Crippen LogP contribution >= 0.6 is 11.9 Å². The van der Waals surface area contributed by atoms with E-state index < -0.39 is 0 Å². The van der Waals surface area contributed by atoms with Gasteiger partial charge in [0.2, 0.25) is 0 Å². The van der Waals surface area contributed by atoms with Gasteiger partial charge in [-0.05, 0) is 35.2 Å². The third-order valence-electron chi connectivity index (χ3n) is 2.50. The first-order valence-corrected chi connectivity index (χ1v) is 6.64. The van der Waals surface area contributed by atoms with Gasteiger partial charge in [-0.2, -0.15) is 0 Å². The van der Waals surface area contributed by atoms with E-state index in [4.69, 9.17) is 5.73 Å². The molecule has 3 rings (SSSR count). The van der Waals surface area contributed by atoms with Crippen LogP contribution in [-0.2, 0) is 6.54 Å². The summed E-state index contributed by atoms with van der Waals surface area (Å²) in [5.74, 6) is 0. The summed E-state index contributed by atoms with van der Waals surface area (Å²) in [6.45, 7) is 0.640. The molecule has 0 bridgehead atoms. The molecular weight excluding hydrogens is 240 g/mol. The van der Waals surface area contributed by atoms with Crippen LogP contribution in [0.2, 0.25) is 0 Å². The predicted molar refractivity (Wildman–Crippen MR) is 78.8 cm³/mol. The summed E-state index contributed by atoms with van der Waals surface area (Å²) in [4.78, 5) is 1.30. The van der Waals surface area contributed by atoms with Crippen LogP contribution in [0.1, 0.15) is 11.1 Å². The van der Waals surface area contributed by atoms with Crippen LogP contribution in [0.25, 0.3) is 6.08 Å². The molecule has 0 amide bonds. The van der Waals surface area contributed by atoms with Crippen LogP contribution in [0.5, 0.6) is 0 Å². The zero-order chi connectivity index (χ0) is 12.6. The molecular formula is C15H16N2S. The van der Waals surface area contributed by atoms with Crippen molar-refractivity contribution in [1.82, 2.24) is 4.72 Å². The fourth-order valence-electron chi connectivity index (χ4n) is 1.55. The van der Waals surface area contributed by atoms with E-state index in [1.165, 1.54) is 16.0 Å². The number of rotatable bonds is 1. The first kappa shape index (κ1) is 12.7. The van der Waals surface area contributed by atoms with Gasteiger partial charge < -0.3 is 10.5 Å². The molecule has 0 spiro atoms. The average Bonchev–Trinajstić information content (AvgIpc) is 2.49. The van der Waals surface area contributed by atoms with Crippen molar-refractivity contribution in [3.8, 4) is 0 Å². The Balaban J connectivity index is 0.000000138. The minimum atomic E-state index is 0.640. The SMILES string of the molecule is C1=Cc2ccccc2SN1.NCc1ccccc1. The van der Waals surface area contributed by atoms with Crippen molar-refractivity contribution in [2.75, 3.05) is 0 Å². The third-order valence-corrected chi connectivity index (χ3v) is 3.34. The maximum atomic E-state index is 5.35. The third kappa shape index (κ3) is 3.65. The maximum absolute atomic E-state index is 5.35.